The first-order valence-electron chi connectivity index (χ1n) is 4.31. The fraction of sp³-hybridized carbons (Fsp3) is 0.200. The maximum absolute atomic E-state index is 10.9. The van der Waals surface area contributed by atoms with Gasteiger partial charge in [-0.25, -0.2) is 0 Å². The minimum atomic E-state index is -0.264. The van der Waals surface area contributed by atoms with E-state index in [0.29, 0.717) is 21.5 Å². The summed E-state index contributed by atoms with van der Waals surface area (Å²) in [7, 11) is 0. The minimum absolute atomic E-state index is 0.134. The van der Waals surface area contributed by atoms with Crippen LogP contribution in [0.5, 0.6) is 5.75 Å². The van der Waals surface area contributed by atoms with Crippen LogP contribution in [0.15, 0.2) is 12.1 Å². The Hall–Kier alpha value is -1.44. The Morgan fingerprint density at radius 1 is 1.50 bits per heavy atom. The highest BCUT2D eigenvalue weighted by Gasteiger charge is 2.09. The van der Waals surface area contributed by atoms with Crippen molar-refractivity contribution in [1.29, 1.82) is 5.26 Å². The molecular formula is C10H8Cl2N2O2. The van der Waals surface area contributed by atoms with Crippen molar-refractivity contribution in [2.24, 2.45) is 0 Å². The van der Waals surface area contributed by atoms with Crippen molar-refractivity contribution in [3.8, 4) is 11.8 Å². The zero-order chi connectivity index (χ0) is 12.1. The van der Waals surface area contributed by atoms with Gasteiger partial charge in [0.05, 0.1) is 15.7 Å². The summed E-state index contributed by atoms with van der Waals surface area (Å²) < 4.78 is 5.10. The molecule has 1 aromatic rings. The van der Waals surface area contributed by atoms with Crippen LogP contribution in [0.2, 0.25) is 10.0 Å². The number of anilines is 1. The number of benzene rings is 1. The third-order valence-electron chi connectivity index (χ3n) is 1.63. The molecule has 0 fully saturated rings. The van der Waals surface area contributed by atoms with Gasteiger partial charge in [0.15, 0.2) is 6.61 Å². The van der Waals surface area contributed by atoms with E-state index in [2.05, 4.69) is 5.32 Å². The second-order valence-electron chi connectivity index (χ2n) is 2.89. The summed E-state index contributed by atoms with van der Waals surface area (Å²) in [6.45, 7) is 1.22. The SMILES string of the molecule is CC(=O)Nc1cc(Cl)c(Cl)cc1OCC#N. The molecule has 4 nitrogen and oxygen atoms in total. The third kappa shape index (κ3) is 3.30. The average molecular weight is 259 g/mol. The van der Waals surface area contributed by atoms with Gasteiger partial charge < -0.3 is 10.1 Å². The van der Waals surface area contributed by atoms with Crippen LogP contribution in [0, 0.1) is 11.3 Å². The predicted octanol–water partition coefficient (Wildman–Crippen LogP) is 2.85. The van der Waals surface area contributed by atoms with Gasteiger partial charge in [-0.05, 0) is 6.07 Å². The number of halogens is 2. The molecule has 84 valence electrons. The standard InChI is InChI=1S/C10H8Cl2N2O2/c1-6(15)14-9-4-7(11)8(12)5-10(9)16-3-2-13/h4-5H,3H2,1H3,(H,14,15). The summed E-state index contributed by atoms with van der Waals surface area (Å²) in [4.78, 5) is 10.9. The second kappa shape index (κ2) is 5.59. The molecule has 0 bridgehead atoms. The number of ether oxygens (including phenoxy) is 1. The smallest absolute Gasteiger partial charge is 0.221 e. The van der Waals surface area contributed by atoms with E-state index in [1.54, 1.807) is 0 Å². The Morgan fingerprint density at radius 3 is 2.69 bits per heavy atom. The summed E-state index contributed by atoms with van der Waals surface area (Å²) in [5.41, 5.74) is 0.386. The molecule has 16 heavy (non-hydrogen) atoms. The molecule has 1 amide bonds. The molecule has 1 N–H and O–H groups in total. The van der Waals surface area contributed by atoms with E-state index in [0.717, 1.165) is 0 Å². The van der Waals surface area contributed by atoms with E-state index < -0.39 is 0 Å². The van der Waals surface area contributed by atoms with Gasteiger partial charge in [0, 0.05) is 13.0 Å². The summed E-state index contributed by atoms with van der Waals surface area (Å²) >= 11 is 11.6. The van der Waals surface area contributed by atoms with Gasteiger partial charge in [-0.2, -0.15) is 5.26 Å². The van der Waals surface area contributed by atoms with E-state index in [1.165, 1.54) is 19.1 Å². The third-order valence-corrected chi connectivity index (χ3v) is 2.35. The molecule has 0 saturated carbocycles. The van der Waals surface area contributed by atoms with Crippen molar-refractivity contribution < 1.29 is 9.53 Å². The molecule has 0 unspecified atom stereocenters. The number of hydrogen-bond donors (Lipinski definition) is 1. The Bertz CT molecular complexity index is 455. The molecule has 0 heterocycles. The molecule has 0 aromatic heterocycles. The number of rotatable bonds is 3. The molecule has 0 aliphatic rings. The van der Waals surface area contributed by atoms with Gasteiger partial charge in [0.1, 0.15) is 11.8 Å². The molecule has 0 radical (unpaired) electrons. The first-order valence-corrected chi connectivity index (χ1v) is 5.06. The largest absolute Gasteiger partial charge is 0.477 e. The van der Waals surface area contributed by atoms with Crippen molar-refractivity contribution in [1.82, 2.24) is 0 Å². The Morgan fingerprint density at radius 2 is 2.12 bits per heavy atom. The topological polar surface area (TPSA) is 62.1 Å². The molecule has 0 spiro atoms. The van der Waals surface area contributed by atoms with E-state index in [9.17, 15) is 4.79 Å². The summed E-state index contributed by atoms with van der Waals surface area (Å²) in [6, 6.07) is 4.74. The minimum Gasteiger partial charge on any atom is -0.477 e. The van der Waals surface area contributed by atoms with Crippen molar-refractivity contribution in [2.75, 3.05) is 11.9 Å². The Labute approximate surface area is 103 Å². The molecular weight excluding hydrogens is 251 g/mol. The maximum atomic E-state index is 10.9. The maximum Gasteiger partial charge on any atom is 0.221 e. The highest BCUT2D eigenvalue weighted by molar-refractivity contribution is 6.42. The summed E-state index contributed by atoms with van der Waals surface area (Å²) in [5.74, 6) is 0.0475. The monoisotopic (exact) mass is 258 g/mol. The molecule has 0 saturated heterocycles. The Balaban J connectivity index is 3.06. The first kappa shape index (κ1) is 12.6. The fourth-order valence-corrected chi connectivity index (χ4v) is 1.36. The molecule has 1 rings (SSSR count). The van der Waals surface area contributed by atoms with Crippen molar-refractivity contribution in [2.45, 2.75) is 6.92 Å². The first-order chi connectivity index (χ1) is 7.54. The van der Waals surface area contributed by atoms with E-state index in [-0.39, 0.29) is 12.5 Å². The van der Waals surface area contributed by atoms with Gasteiger partial charge in [-0.3, -0.25) is 4.79 Å². The molecule has 0 atom stereocenters. The predicted molar refractivity (Wildman–Crippen MR) is 61.9 cm³/mol. The van der Waals surface area contributed by atoms with Crippen LogP contribution in [0.1, 0.15) is 6.92 Å². The lowest BCUT2D eigenvalue weighted by atomic mass is 10.3. The van der Waals surface area contributed by atoms with Crippen LogP contribution >= 0.6 is 23.2 Å². The van der Waals surface area contributed by atoms with Crippen molar-refractivity contribution >= 4 is 34.8 Å². The molecule has 0 aliphatic heterocycles. The van der Waals surface area contributed by atoms with Gasteiger partial charge in [0.2, 0.25) is 5.91 Å². The summed E-state index contributed by atoms with van der Waals surface area (Å²) in [5, 5.41) is 11.5. The van der Waals surface area contributed by atoms with Crippen LogP contribution in [0.25, 0.3) is 0 Å². The van der Waals surface area contributed by atoms with Crippen LogP contribution in [0.4, 0.5) is 5.69 Å². The number of carbonyl (C=O) groups is 1. The quantitative estimate of drug-likeness (QED) is 0.907. The molecule has 1 aromatic carbocycles. The van der Waals surface area contributed by atoms with Crippen molar-refractivity contribution in [3.05, 3.63) is 22.2 Å². The average Bonchev–Trinajstić information content (AvgIpc) is 2.20. The van der Waals surface area contributed by atoms with Gasteiger partial charge >= 0.3 is 0 Å². The fourth-order valence-electron chi connectivity index (χ4n) is 1.05. The zero-order valence-corrected chi connectivity index (χ0v) is 9.89. The van der Waals surface area contributed by atoms with Gasteiger partial charge in [0.25, 0.3) is 0 Å². The second-order valence-corrected chi connectivity index (χ2v) is 3.70. The van der Waals surface area contributed by atoms with Crippen molar-refractivity contribution in [3.63, 3.8) is 0 Å². The number of nitrogens with one attached hydrogen (secondary N) is 1. The van der Waals surface area contributed by atoms with Crippen LogP contribution < -0.4 is 10.1 Å². The number of amides is 1. The zero-order valence-electron chi connectivity index (χ0n) is 8.38. The van der Waals surface area contributed by atoms with E-state index in [4.69, 9.17) is 33.2 Å². The molecule has 6 heteroatoms. The number of nitriles is 1. The van der Waals surface area contributed by atoms with Crippen LogP contribution in [-0.2, 0) is 4.79 Å². The number of nitrogens with zero attached hydrogens (tertiary/aromatic N) is 1. The van der Waals surface area contributed by atoms with Gasteiger partial charge in [-0.15, -0.1) is 0 Å². The lowest BCUT2D eigenvalue weighted by molar-refractivity contribution is -0.114. The summed E-state index contributed by atoms with van der Waals surface area (Å²) in [6.07, 6.45) is 0. The van der Waals surface area contributed by atoms with E-state index in [1.807, 2.05) is 6.07 Å². The van der Waals surface area contributed by atoms with Crippen LogP contribution in [0.3, 0.4) is 0 Å². The van der Waals surface area contributed by atoms with Gasteiger partial charge in [-0.1, -0.05) is 23.2 Å². The lowest BCUT2D eigenvalue weighted by Crippen LogP contribution is -2.08. The Kier molecular flexibility index (Phi) is 4.41. The number of carbonyl (C=O) groups excluding carboxylic acids is 1. The highest BCUT2D eigenvalue weighted by Crippen LogP contribution is 2.34. The van der Waals surface area contributed by atoms with Crippen LogP contribution in [-0.4, -0.2) is 12.5 Å². The lowest BCUT2D eigenvalue weighted by Gasteiger charge is -2.11. The van der Waals surface area contributed by atoms with E-state index >= 15 is 0 Å². The molecule has 0 aliphatic carbocycles. The highest BCUT2D eigenvalue weighted by atomic mass is 35.5. The number of hydrogen-bond acceptors (Lipinski definition) is 3. The normalized spacial score (nSPS) is 9.38.